The van der Waals surface area contributed by atoms with Crippen LogP contribution in [0.5, 0.6) is 0 Å². The summed E-state index contributed by atoms with van der Waals surface area (Å²) in [7, 11) is 0. The van der Waals surface area contributed by atoms with Crippen LogP contribution in [0.2, 0.25) is 0 Å². The van der Waals surface area contributed by atoms with Gasteiger partial charge in [-0.3, -0.25) is 4.79 Å². The molecule has 0 radical (unpaired) electrons. The predicted molar refractivity (Wildman–Crippen MR) is 95.1 cm³/mol. The molecule has 3 rings (SSSR count). The minimum Gasteiger partial charge on any atom is -0.298 e. The van der Waals surface area contributed by atoms with Crippen LogP contribution in [0.4, 0.5) is 0 Å². The van der Waals surface area contributed by atoms with Gasteiger partial charge in [-0.05, 0) is 42.2 Å². The molecule has 3 aromatic carbocycles. The lowest BCUT2D eigenvalue weighted by Crippen LogP contribution is -2.06. The maximum atomic E-state index is 11.2. The fourth-order valence-electron chi connectivity index (χ4n) is 3.03. The molecular formula is C22H20O. The van der Waals surface area contributed by atoms with Crippen LogP contribution in [0.3, 0.4) is 0 Å². The van der Waals surface area contributed by atoms with Gasteiger partial charge in [0, 0.05) is 11.5 Å². The average molecular weight is 300 g/mol. The van der Waals surface area contributed by atoms with Gasteiger partial charge in [0.2, 0.25) is 0 Å². The summed E-state index contributed by atoms with van der Waals surface area (Å²) >= 11 is 0. The van der Waals surface area contributed by atoms with Crippen molar-refractivity contribution in [2.45, 2.75) is 19.8 Å². The summed E-state index contributed by atoms with van der Waals surface area (Å²) in [5, 5.41) is 0. The number of aldehydes is 1. The highest BCUT2D eigenvalue weighted by Crippen LogP contribution is 2.34. The Bertz CT molecular complexity index is 815. The highest BCUT2D eigenvalue weighted by atomic mass is 16.1. The maximum absolute atomic E-state index is 11.2. The van der Waals surface area contributed by atoms with Crippen molar-refractivity contribution in [2.75, 3.05) is 0 Å². The summed E-state index contributed by atoms with van der Waals surface area (Å²) in [6.07, 6.45) is 0.910. The summed E-state index contributed by atoms with van der Waals surface area (Å²) in [4.78, 5) is 11.2. The van der Waals surface area contributed by atoms with Gasteiger partial charge in [-0.15, -0.1) is 0 Å². The van der Waals surface area contributed by atoms with Gasteiger partial charge < -0.3 is 0 Å². The number of benzene rings is 3. The van der Waals surface area contributed by atoms with Crippen molar-refractivity contribution < 1.29 is 4.79 Å². The summed E-state index contributed by atoms with van der Waals surface area (Å²) in [6.45, 7) is 4.24. The molecule has 0 aliphatic rings. The summed E-state index contributed by atoms with van der Waals surface area (Å²) in [6, 6.07) is 25.0. The second kappa shape index (κ2) is 6.62. The van der Waals surface area contributed by atoms with Crippen molar-refractivity contribution in [2.24, 2.45) is 0 Å². The topological polar surface area (TPSA) is 17.1 Å². The first-order valence-corrected chi connectivity index (χ1v) is 7.86. The van der Waals surface area contributed by atoms with Gasteiger partial charge in [0.25, 0.3) is 0 Å². The van der Waals surface area contributed by atoms with Crippen LogP contribution in [-0.2, 0) is 0 Å². The highest BCUT2D eigenvalue weighted by molar-refractivity contribution is 5.75. The molecule has 0 N–H and O–H groups in total. The van der Waals surface area contributed by atoms with E-state index in [0.717, 1.165) is 11.8 Å². The lowest BCUT2D eigenvalue weighted by atomic mass is 9.82. The molecule has 0 aliphatic heterocycles. The Morgan fingerprint density at radius 1 is 0.783 bits per heavy atom. The van der Waals surface area contributed by atoms with Crippen LogP contribution in [0.25, 0.3) is 0 Å². The first-order chi connectivity index (χ1) is 11.2. The van der Waals surface area contributed by atoms with E-state index in [-0.39, 0.29) is 5.92 Å². The molecule has 0 amide bonds. The Labute approximate surface area is 137 Å². The van der Waals surface area contributed by atoms with Gasteiger partial charge in [-0.25, -0.2) is 0 Å². The van der Waals surface area contributed by atoms with Crippen molar-refractivity contribution in [1.82, 2.24) is 0 Å². The third-order valence-electron chi connectivity index (χ3n) is 4.29. The Kier molecular flexibility index (Phi) is 4.38. The molecule has 114 valence electrons. The van der Waals surface area contributed by atoms with Crippen LogP contribution < -0.4 is 0 Å². The second-order valence-corrected chi connectivity index (χ2v) is 5.99. The van der Waals surface area contributed by atoms with E-state index in [1.165, 1.54) is 22.3 Å². The molecule has 0 aromatic heterocycles. The lowest BCUT2D eigenvalue weighted by Gasteiger charge is -2.21. The number of aryl methyl sites for hydroxylation is 2. The van der Waals surface area contributed by atoms with Crippen LogP contribution in [0.1, 0.15) is 44.1 Å². The zero-order valence-electron chi connectivity index (χ0n) is 13.5. The van der Waals surface area contributed by atoms with E-state index < -0.39 is 0 Å². The van der Waals surface area contributed by atoms with E-state index in [9.17, 15) is 4.79 Å². The van der Waals surface area contributed by atoms with Crippen molar-refractivity contribution in [1.29, 1.82) is 0 Å². The van der Waals surface area contributed by atoms with E-state index in [1.807, 2.05) is 18.2 Å². The molecule has 1 nitrogen and oxygen atoms in total. The Morgan fingerprint density at radius 3 is 2.22 bits per heavy atom. The van der Waals surface area contributed by atoms with Crippen molar-refractivity contribution in [3.8, 4) is 0 Å². The minimum absolute atomic E-state index is 0.136. The van der Waals surface area contributed by atoms with Gasteiger partial charge in [0.1, 0.15) is 6.29 Å². The predicted octanol–water partition coefficient (Wildman–Crippen LogP) is 5.30. The number of carbonyl (C=O) groups excluding carboxylic acids is 1. The lowest BCUT2D eigenvalue weighted by molar-refractivity contribution is 0.112. The van der Waals surface area contributed by atoms with Crippen LogP contribution in [0.15, 0.2) is 72.8 Å². The van der Waals surface area contributed by atoms with E-state index in [4.69, 9.17) is 0 Å². The molecule has 0 aliphatic carbocycles. The van der Waals surface area contributed by atoms with Crippen molar-refractivity contribution in [3.63, 3.8) is 0 Å². The Morgan fingerprint density at radius 2 is 1.52 bits per heavy atom. The Hall–Kier alpha value is -2.67. The molecule has 0 spiro atoms. The first-order valence-electron chi connectivity index (χ1n) is 7.86. The van der Waals surface area contributed by atoms with Gasteiger partial charge in [-0.2, -0.15) is 0 Å². The number of rotatable bonds is 4. The van der Waals surface area contributed by atoms with Crippen LogP contribution in [0, 0.1) is 13.8 Å². The number of hydrogen-bond acceptors (Lipinski definition) is 1. The van der Waals surface area contributed by atoms with Gasteiger partial charge >= 0.3 is 0 Å². The van der Waals surface area contributed by atoms with Crippen LogP contribution >= 0.6 is 0 Å². The molecule has 23 heavy (non-hydrogen) atoms. The summed E-state index contributed by atoms with van der Waals surface area (Å²) < 4.78 is 0. The fraction of sp³-hybridized carbons (Fsp3) is 0.136. The van der Waals surface area contributed by atoms with Gasteiger partial charge in [-0.1, -0.05) is 72.3 Å². The molecule has 1 heteroatoms. The first kappa shape index (κ1) is 15.2. The maximum Gasteiger partial charge on any atom is 0.150 e. The van der Waals surface area contributed by atoms with E-state index in [1.54, 1.807) is 0 Å². The van der Waals surface area contributed by atoms with E-state index in [0.29, 0.717) is 5.56 Å². The standard InChI is InChI=1S/C22H20O/c1-16-10-12-19(13-11-16)22(21-9-4-3-6-17(21)2)20-8-5-7-18(14-20)15-23/h3-15,22H,1-2H3. The van der Waals surface area contributed by atoms with Gasteiger partial charge in [0.05, 0.1) is 0 Å². The van der Waals surface area contributed by atoms with E-state index >= 15 is 0 Å². The summed E-state index contributed by atoms with van der Waals surface area (Å²) in [5.74, 6) is 0.136. The minimum atomic E-state index is 0.136. The molecule has 1 atom stereocenters. The molecule has 0 saturated carbocycles. The fourth-order valence-corrected chi connectivity index (χ4v) is 3.03. The Balaban J connectivity index is 2.19. The zero-order chi connectivity index (χ0) is 16.2. The third-order valence-corrected chi connectivity index (χ3v) is 4.29. The highest BCUT2D eigenvalue weighted by Gasteiger charge is 2.18. The van der Waals surface area contributed by atoms with E-state index in [2.05, 4.69) is 68.4 Å². The quantitative estimate of drug-likeness (QED) is 0.472. The van der Waals surface area contributed by atoms with Crippen LogP contribution in [-0.4, -0.2) is 6.29 Å². The van der Waals surface area contributed by atoms with Crippen molar-refractivity contribution in [3.05, 3.63) is 106 Å². The second-order valence-electron chi connectivity index (χ2n) is 5.99. The smallest absolute Gasteiger partial charge is 0.150 e. The molecule has 0 fully saturated rings. The molecule has 0 heterocycles. The average Bonchev–Trinajstić information content (AvgIpc) is 2.59. The SMILES string of the molecule is Cc1ccc(C(c2cccc(C=O)c2)c2ccccc2C)cc1. The van der Waals surface area contributed by atoms with Crippen molar-refractivity contribution >= 4 is 6.29 Å². The number of carbonyl (C=O) groups is 1. The molecule has 0 bridgehead atoms. The summed E-state index contributed by atoms with van der Waals surface area (Å²) in [5.41, 5.74) is 6.89. The largest absolute Gasteiger partial charge is 0.298 e. The normalized spacial score (nSPS) is 11.9. The zero-order valence-corrected chi connectivity index (χ0v) is 13.5. The molecule has 0 saturated heterocycles. The third kappa shape index (κ3) is 3.24. The van der Waals surface area contributed by atoms with Gasteiger partial charge in [0.15, 0.2) is 0 Å². The number of hydrogen-bond donors (Lipinski definition) is 0. The molecule has 1 unspecified atom stereocenters. The monoisotopic (exact) mass is 300 g/mol. The molecular weight excluding hydrogens is 280 g/mol. The molecule has 3 aromatic rings.